The van der Waals surface area contributed by atoms with Crippen LogP contribution < -0.4 is 5.32 Å². The molecule has 0 heterocycles. The quantitative estimate of drug-likeness (QED) is 0.356. The predicted octanol–water partition coefficient (Wildman–Crippen LogP) is 6.46. The summed E-state index contributed by atoms with van der Waals surface area (Å²) in [4.78, 5) is -0.281. The lowest BCUT2D eigenvalue weighted by Gasteiger charge is -2.19. The Hall–Kier alpha value is -3.08. The Morgan fingerprint density at radius 1 is 0.939 bits per heavy atom. The van der Waals surface area contributed by atoms with Crippen LogP contribution in [0.4, 0.5) is 10.1 Å². The van der Waals surface area contributed by atoms with Gasteiger partial charge in [-0.3, -0.25) is 0 Å². The predicted molar refractivity (Wildman–Crippen MR) is 133 cm³/mol. The third-order valence-electron chi connectivity index (χ3n) is 5.16. The van der Waals surface area contributed by atoms with Crippen molar-refractivity contribution >= 4 is 27.3 Å². The van der Waals surface area contributed by atoms with Crippen molar-refractivity contribution in [1.29, 1.82) is 5.26 Å². The number of rotatable bonds is 9. The normalized spacial score (nSPS) is 12.1. The second-order valence-electron chi connectivity index (χ2n) is 7.29. The highest BCUT2D eigenvalue weighted by atomic mass is 32.2. The number of sulfone groups is 1. The molecule has 0 fully saturated rings. The van der Waals surface area contributed by atoms with Crippen LogP contribution in [0, 0.1) is 17.1 Å². The van der Waals surface area contributed by atoms with Gasteiger partial charge in [-0.1, -0.05) is 62.4 Å². The van der Waals surface area contributed by atoms with Gasteiger partial charge >= 0.3 is 0 Å². The maximum atomic E-state index is 13.4. The van der Waals surface area contributed by atoms with Crippen molar-refractivity contribution in [1.82, 2.24) is 0 Å². The van der Waals surface area contributed by atoms with E-state index in [-0.39, 0.29) is 20.6 Å². The minimum absolute atomic E-state index is 0.0581. The molecule has 33 heavy (non-hydrogen) atoms. The van der Waals surface area contributed by atoms with E-state index in [9.17, 15) is 18.1 Å². The summed E-state index contributed by atoms with van der Waals surface area (Å²) in [6.07, 6.45) is 1.50. The fraction of sp³-hybridized carbons (Fsp3) is 0.192. The first-order valence-corrected chi connectivity index (χ1v) is 13.1. The monoisotopic (exact) mass is 480 g/mol. The van der Waals surface area contributed by atoms with Gasteiger partial charge in [-0.25, -0.2) is 12.8 Å². The van der Waals surface area contributed by atoms with Crippen LogP contribution in [-0.4, -0.2) is 8.42 Å². The van der Waals surface area contributed by atoms with Crippen molar-refractivity contribution in [2.45, 2.75) is 37.3 Å². The van der Waals surface area contributed by atoms with E-state index in [0.29, 0.717) is 5.75 Å². The number of hydrogen-bond donors (Lipinski definition) is 1. The minimum Gasteiger partial charge on any atom is -0.348 e. The number of anilines is 1. The van der Waals surface area contributed by atoms with Crippen LogP contribution in [0.2, 0.25) is 0 Å². The summed E-state index contributed by atoms with van der Waals surface area (Å²) >= 11 is 1.21. The third-order valence-corrected chi connectivity index (χ3v) is 8.09. The number of thioether (sulfide) groups is 1. The highest BCUT2D eigenvalue weighted by Crippen LogP contribution is 2.34. The fourth-order valence-electron chi connectivity index (χ4n) is 3.36. The Morgan fingerprint density at radius 2 is 1.55 bits per heavy atom. The summed E-state index contributed by atoms with van der Waals surface area (Å²) in [7, 11) is -4.05. The second-order valence-corrected chi connectivity index (χ2v) is 10.2. The molecule has 0 radical (unpaired) electrons. The van der Waals surface area contributed by atoms with Gasteiger partial charge in [-0.2, -0.15) is 5.26 Å². The van der Waals surface area contributed by atoms with E-state index in [1.54, 1.807) is 30.3 Å². The van der Waals surface area contributed by atoms with Gasteiger partial charge in [-0.15, -0.1) is 11.8 Å². The molecule has 0 aliphatic carbocycles. The van der Waals surface area contributed by atoms with Gasteiger partial charge in [0.15, 0.2) is 4.91 Å². The molecule has 1 N–H and O–H groups in total. The number of benzene rings is 3. The van der Waals surface area contributed by atoms with Crippen molar-refractivity contribution in [3.63, 3.8) is 0 Å². The molecule has 0 bridgehead atoms. The maximum Gasteiger partial charge on any atom is 0.219 e. The fourth-order valence-corrected chi connectivity index (χ4v) is 5.89. The highest BCUT2D eigenvalue weighted by Gasteiger charge is 2.26. The lowest BCUT2D eigenvalue weighted by Crippen LogP contribution is -2.12. The second kappa shape index (κ2) is 11.2. The van der Waals surface area contributed by atoms with E-state index < -0.39 is 9.84 Å². The summed E-state index contributed by atoms with van der Waals surface area (Å²) < 4.78 is 40.1. The lowest BCUT2D eigenvalue weighted by molar-refractivity contribution is 0.603. The van der Waals surface area contributed by atoms with Crippen molar-refractivity contribution < 1.29 is 12.8 Å². The SMILES string of the molecule is CCc1cccc(CC)c1N/C(SCc1ccc(F)cc1)=C(/C#N)S(=O)(=O)c1ccccc1. The van der Waals surface area contributed by atoms with Gasteiger partial charge in [-0.05, 0) is 53.8 Å². The number of aryl methyl sites for hydroxylation is 2. The number of allylic oxidation sites excluding steroid dienone is 1. The molecule has 7 heteroatoms. The lowest BCUT2D eigenvalue weighted by atomic mass is 10.0. The molecule has 0 aliphatic rings. The number of halogens is 1. The zero-order chi connectivity index (χ0) is 23.8. The summed E-state index contributed by atoms with van der Waals surface area (Å²) in [6, 6.07) is 21.8. The summed E-state index contributed by atoms with van der Waals surface area (Å²) in [6.45, 7) is 4.06. The van der Waals surface area contributed by atoms with Crippen LogP contribution in [0.3, 0.4) is 0 Å². The van der Waals surface area contributed by atoms with Gasteiger partial charge in [0.25, 0.3) is 0 Å². The maximum absolute atomic E-state index is 13.4. The molecule has 0 amide bonds. The first-order chi connectivity index (χ1) is 15.9. The number of para-hydroxylation sites is 1. The van der Waals surface area contributed by atoms with Crippen molar-refractivity contribution in [2.24, 2.45) is 0 Å². The van der Waals surface area contributed by atoms with Gasteiger partial charge in [0.05, 0.1) is 4.90 Å². The molecule has 170 valence electrons. The van der Waals surface area contributed by atoms with E-state index in [4.69, 9.17) is 0 Å². The van der Waals surface area contributed by atoms with Crippen LogP contribution in [0.15, 0.2) is 87.6 Å². The molecule has 4 nitrogen and oxygen atoms in total. The van der Waals surface area contributed by atoms with Crippen LogP contribution >= 0.6 is 11.8 Å². The van der Waals surface area contributed by atoms with Crippen molar-refractivity contribution in [3.8, 4) is 6.07 Å². The van der Waals surface area contributed by atoms with Gasteiger partial charge in [0.1, 0.15) is 16.9 Å². The van der Waals surface area contributed by atoms with Crippen LogP contribution in [-0.2, 0) is 28.4 Å². The Balaban J connectivity index is 2.12. The average Bonchev–Trinajstić information content (AvgIpc) is 2.84. The topological polar surface area (TPSA) is 70.0 Å². The number of nitriles is 1. The standard InChI is InChI=1S/C26H25FN2O2S2/c1-3-20-9-8-10-21(4-2)25(20)29-26(32-18-19-13-15-22(27)16-14-19)24(17-28)33(30,31)23-11-6-5-7-12-23/h5-16,29H,3-4,18H2,1-2H3/b26-24+. The molecule has 3 aromatic rings. The molecule has 0 atom stereocenters. The Labute approximate surface area is 199 Å². The van der Waals surface area contributed by atoms with Crippen molar-refractivity contribution in [2.75, 3.05) is 5.32 Å². The molecule has 0 spiro atoms. The Kier molecular flexibility index (Phi) is 8.32. The van der Waals surface area contributed by atoms with Crippen molar-refractivity contribution in [3.05, 3.63) is 105 Å². The molecular weight excluding hydrogens is 455 g/mol. The molecular formula is C26H25FN2O2S2. The van der Waals surface area contributed by atoms with E-state index in [0.717, 1.165) is 35.2 Å². The molecule has 0 saturated carbocycles. The summed E-state index contributed by atoms with van der Waals surface area (Å²) in [5.41, 5.74) is 3.70. The zero-order valence-corrected chi connectivity index (χ0v) is 20.1. The number of nitrogens with one attached hydrogen (secondary N) is 1. The summed E-state index contributed by atoms with van der Waals surface area (Å²) in [5, 5.41) is 13.5. The molecule has 3 rings (SSSR count). The largest absolute Gasteiger partial charge is 0.348 e. The number of nitrogens with zero attached hydrogens (tertiary/aromatic N) is 1. The first kappa shape index (κ1) is 24.6. The smallest absolute Gasteiger partial charge is 0.219 e. The highest BCUT2D eigenvalue weighted by molar-refractivity contribution is 8.04. The van der Waals surface area contributed by atoms with Crippen LogP contribution in [0.25, 0.3) is 0 Å². The van der Waals surface area contributed by atoms with Crippen LogP contribution in [0.1, 0.15) is 30.5 Å². The van der Waals surface area contributed by atoms with E-state index in [1.165, 1.54) is 36.0 Å². The van der Waals surface area contributed by atoms with E-state index >= 15 is 0 Å². The molecule has 0 aromatic heterocycles. The Bertz CT molecular complexity index is 1260. The molecule has 3 aromatic carbocycles. The number of hydrogen-bond acceptors (Lipinski definition) is 5. The minimum atomic E-state index is -4.05. The molecule has 0 aliphatic heterocycles. The summed E-state index contributed by atoms with van der Waals surface area (Å²) in [5.74, 6) is 0.0277. The van der Waals surface area contributed by atoms with E-state index in [2.05, 4.69) is 5.32 Å². The third kappa shape index (κ3) is 5.84. The molecule has 0 saturated heterocycles. The van der Waals surface area contributed by atoms with E-state index in [1.807, 2.05) is 38.1 Å². The first-order valence-electron chi connectivity index (χ1n) is 10.6. The van der Waals surface area contributed by atoms with Gasteiger partial charge in [0.2, 0.25) is 9.84 Å². The molecule has 0 unspecified atom stereocenters. The van der Waals surface area contributed by atoms with Gasteiger partial charge < -0.3 is 5.32 Å². The zero-order valence-electron chi connectivity index (χ0n) is 18.5. The average molecular weight is 481 g/mol. The van der Waals surface area contributed by atoms with Gasteiger partial charge in [0, 0.05) is 11.4 Å². The van der Waals surface area contributed by atoms with Crippen LogP contribution in [0.5, 0.6) is 0 Å². The Morgan fingerprint density at radius 3 is 2.09 bits per heavy atom.